The van der Waals surface area contributed by atoms with E-state index in [9.17, 15) is 33.6 Å². The summed E-state index contributed by atoms with van der Waals surface area (Å²) in [5.41, 5.74) is 13.0. The predicted molar refractivity (Wildman–Crippen MR) is 297 cm³/mol. The van der Waals surface area contributed by atoms with Crippen molar-refractivity contribution < 1.29 is 80.9 Å². The van der Waals surface area contributed by atoms with Crippen LogP contribution in [0.4, 0.5) is 15.3 Å². The number of hydrogen-bond donors (Lipinski definition) is 7. The molecule has 1 aliphatic rings. The van der Waals surface area contributed by atoms with Crippen LogP contribution in [0.2, 0.25) is 0 Å². The Morgan fingerprint density at radius 2 is 1.24 bits per heavy atom. The maximum atomic E-state index is 13.5. The SMILES string of the molecule is C#C.CCC.[B]Cc1ccc(NC(=O)[C@H](CCCNC(N)=O)NC(=O)CNC(=O)CCOCCN2C(=O)C=CC2=O)cc1CN(C)C(=O)OC/C(N)=C/N(N)CCOCCOCCOCCOCCOCCOCCOCCOC. The molecule has 80 heavy (non-hydrogen) atoms. The summed E-state index contributed by atoms with van der Waals surface area (Å²) in [4.78, 5) is 88.5. The van der Waals surface area contributed by atoms with Gasteiger partial charge in [0.25, 0.3) is 11.8 Å². The third kappa shape index (κ3) is 39.1. The third-order valence-electron chi connectivity index (χ3n) is 10.2. The molecule has 1 aromatic carbocycles. The second-order valence-electron chi connectivity index (χ2n) is 16.9. The normalized spacial score (nSPS) is 12.1. The molecule has 0 saturated carbocycles. The van der Waals surface area contributed by atoms with Crippen molar-refractivity contribution >= 4 is 55.2 Å². The smallest absolute Gasteiger partial charge is 0.410 e. The zero-order chi connectivity index (χ0) is 59.6. The van der Waals surface area contributed by atoms with Gasteiger partial charge in [-0.3, -0.25) is 28.9 Å². The Labute approximate surface area is 472 Å². The van der Waals surface area contributed by atoms with Crippen LogP contribution in [0.1, 0.15) is 50.7 Å². The number of carbonyl (C=O) groups excluding carboxylic acids is 7. The first-order chi connectivity index (χ1) is 38.6. The first-order valence-electron chi connectivity index (χ1n) is 26.2. The standard InChI is InChI=1S/C47H77BN10O17.C3H8.C2H2/c1-56(47(65)75-35-38(49)34-57(51)11-14-68-18-19-70-22-23-72-26-27-74-29-28-73-25-24-71-21-20-69-17-16-66-2)33-37-30-39(6-5-36(37)31-48)54-45(63)40(4-3-10-52-46(50)64)55-42(60)32-53-41(59)9-13-67-15-12-58-43(61)7-8-44(58)62;1-3-2;1-2/h5-8,30,34,40H,3-4,9-29,31-33,35,49,51H2,1-2H3,(H,53,59)(H,54,63)(H,55,60)(H3,50,52,64);3H2,1-2H3;1-2H/b38-34-;;/t40-;;/m0../s1. The van der Waals surface area contributed by atoms with Crippen LogP contribution in [0.5, 0.6) is 0 Å². The van der Waals surface area contributed by atoms with Crippen molar-refractivity contribution in [3.05, 3.63) is 53.4 Å². The second-order valence-corrected chi connectivity index (χ2v) is 16.9. The summed E-state index contributed by atoms with van der Waals surface area (Å²) >= 11 is 0. The lowest BCUT2D eigenvalue weighted by molar-refractivity contribution is -0.138. The number of ether oxygens (including phenoxy) is 10. The molecule has 8 amide bonds. The largest absolute Gasteiger partial charge is 0.443 e. The number of nitrogens with two attached hydrogens (primary N) is 3. The van der Waals surface area contributed by atoms with Crippen molar-refractivity contribution in [3.8, 4) is 12.8 Å². The molecule has 0 bridgehead atoms. The molecule has 2 radical (unpaired) electrons. The van der Waals surface area contributed by atoms with Gasteiger partial charge in [-0.2, -0.15) is 0 Å². The minimum absolute atomic E-state index is 0.0241. The predicted octanol–water partition coefficient (Wildman–Crippen LogP) is -0.353. The summed E-state index contributed by atoms with van der Waals surface area (Å²) in [5, 5.41) is 11.5. The van der Waals surface area contributed by atoms with E-state index in [1.54, 1.807) is 25.3 Å². The van der Waals surface area contributed by atoms with Crippen molar-refractivity contribution in [2.75, 3.05) is 165 Å². The Morgan fingerprint density at radius 3 is 1.75 bits per heavy atom. The van der Waals surface area contributed by atoms with Crippen molar-refractivity contribution in [1.29, 1.82) is 0 Å². The maximum absolute atomic E-state index is 13.5. The van der Waals surface area contributed by atoms with E-state index in [0.29, 0.717) is 116 Å². The third-order valence-corrected chi connectivity index (χ3v) is 10.2. The highest BCUT2D eigenvalue weighted by molar-refractivity contribution is 6.12. The molecule has 0 unspecified atom stereocenters. The number of carbonyl (C=O) groups is 7. The molecule has 450 valence electrons. The number of methoxy groups -OCH3 is 1. The molecule has 1 heterocycles. The van der Waals surface area contributed by atoms with Gasteiger partial charge in [0.15, 0.2) is 0 Å². The van der Waals surface area contributed by atoms with E-state index in [0.717, 1.165) is 17.1 Å². The molecule has 0 spiro atoms. The molecule has 0 saturated heterocycles. The van der Waals surface area contributed by atoms with Crippen LogP contribution >= 0.6 is 0 Å². The highest BCUT2D eigenvalue weighted by atomic mass is 16.6. The number of amides is 8. The summed E-state index contributed by atoms with van der Waals surface area (Å²) in [5.74, 6) is 3.34. The van der Waals surface area contributed by atoms with Crippen LogP contribution in [0.15, 0.2) is 42.2 Å². The second kappa shape index (κ2) is 49.6. The fourth-order valence-electron chi connectivity index (χ4n) is 6.28. The van der Waals surface area contributed by atoms with Crippen molar-refractivity contribution in [1.82, 2.24) is 30.8 Å². The van der Waals surface area contributed by atoms with Gasteiger partial charge in [-0.1, -0.05) is 38.2 Å². The lowest BCUT2D eigenvalue weighted by atomic mass is 9.92. The van der Waals surface area contributed by atoms with Gasteiger partial charge in [0.1, 0.15) is 12.6 Å². The average molecular weight is 1140 g/mol. The minimum Gasteiger partial charge on any atom is -0.443 e. The van der Waals surface area contributed by atoms with E-state index in [1.165, 1.54) is 29.6 Å². The number of urea groups is 1. The fraction of sp³-hybridized carbons (Fsp3) is 0.635. The molecule has 28 heteroatoms. The summed E-state index contributed by atoms with van der Waals surface area (Å²) in [6.45, 7) is 10.7. The molecule has 0 fully saturated rings. The van der Waals surface area contributed by atoms with Crippen LogP contribution in [-0.4, -0.2) is 230 Å². The minimum atomic E-state index is -1.10. The number of benzene rings is 1. The molecule has 2 rings (SSSR count). The van der Waals surface area contributed by atoms with Gasteiger partial charge in [-0.25, -0.2) is 15.4 Å². The molecule has 10 N–H and O–H groups in total. The number of primary amides is 1. The molecule has 1 aromatic rings. The molecule has 0 aromatic heterocycles. The monoisotopic (exact) mass is 1130 g/mol. The molecular formula is C52H87BN10O17. The van der Waals surface area contributed by atoms with Gasteiger partial charge >= 0.3 is 12.1 Å². The van der Waals surface area contributed by atoms with Crippen molar-refractivity contribution in [3.63, 3.8) is 0 Å². The lowest BCUT2D eigenvalue weighted by Crippen LogP contribution is -2.47. The van der Waals surface area contributed by atoms with E-state index in [2.05, 4.69) is 48.0 Å². The molecular weight excluding hydrogens is 1050 g/mol. The molecule has 1 aliphatic heterocycles. The lowest BCUT2D eigenvalue weighted by Gasteiger charge is -2.21. The zero-order valence-corrected chi connectivity index (χ0v) is 47.1. The Balaban J connectivity index is 0.0000120. The van der Waals surface area contributed by atoms with E-state index in [1.807, 2.05) is 0 Å². The van der Waals surface area contributed by atoms with Gasteiger partial charge in [-0.15, -0.1) is 12.8 Å². The number of anilines is 1. The Morgan fingerprint density at radius 1 is 0.725 bits per heavy atom. The summed E-state index contributed by atoms with van der Waals surface area (Å²) in [7, 11) is 9.12. The van der Waals surface area contributed by atoms with Gasteiger partial charge < -0.3 is 90.0 Å². The molecule has 1 atom stereocenters. The zero-order valence-electron chi connectivity index (χ0n) is 47.1. The number of rotatable bonds is 45. The highest BCUT2D eigenvalue weighted by Gasteiger charge is 2.24. The first-order valence-corrected chi connectivity index (χ1v) is 26.2. The fourth-order valence-corrected chi connectivity index (χ4v) is 6.28. The maximum Gasteiger partial charge on any atom is 0.410 e. The van der Waals surface area contributed by atoms with Gasteiger partial charge in [0.05, 0.1) is 145 Å². The van der Waals surface area contributed by atoms with Crippen LogP contribution in [0, 0.1) is 12.8 Å². The van der Waals surface area contributed by atoms with Gasteiger partial charge in [0.2, 0.25) is 17.7 Å². The van der Waals surface area contributed by atoms with E-state index in [4.69, 9.17) is 72.5 Å². The molecule has 0 aliphatic carbocycles. The Kier molecular flexibility index (Phi) is 45.7. The Hall–Kier alpha value is -6.39. The Bertz CT molecular complexity index is 1970. The number of nitrogens with zero attached hydrogens (tertiary/aromatic N) is 3. The number of terminal acetylenes is 1. The van der Waals surface area contributed by atoms with Crippen molar-refractivity contribution in [2.45, 2.75) is 58.4 Å². The van der Waals surface area contributed by atoms with Crippen LogP contribution in [0.25, 0.3) is 0 Å². The summed E-state index contributed by atoms with van der Waals surface area (Å²) in [6, 6.07) is 3.06. The molecule has 27 nitrogen and oxygen atoms in total. The summed E-state index contributed by atoms with van der Waals surface area (Å²) in [6.07, 6.45) is 12.6. The van der Waals surface area contributed by atoms with E-state index < -0.39 is 54.2 Å². The van der Waals surface area contributed by atoms with Gasteiger partial charge in [-0.05, 0) is 30.5 Å². The topological polar surface area (TPSA) is 348 Å². The average Bonchev–Trinajstić information content (AvgIpc) is 3.76. The quantitative estimate of drug-likeness (QED) is 0.0110. The summed E-state index contributed by atoms with van der Waals surface area (Å²) < 4.78 is 53.8. The highest BCUT2D eigenvalue weighted by Crippen LogP contribution is 2.19. The van der Waals surface area contributed by atoms with Crippen LogP contribution in [0.3, 0.4) is 0 Å². The number of nitrogens with one attached hydrogen (secondary N) is 4. The number of imide groups is 1. The first kappa shape index (κ1) is 73.6. The van der Waals surface area contributed by atoms with Crippen molar-refractivity contribution in [2.24, 2.45) is 17.3 Å². The van der Waals surface area contributed by atoms with E-state index >= 15 is 0 Å². The van der Waals surface area contributed by atoms with E-state index in [-0.39, 0.29) is 77.3 Å². The number of hydrogen-bond acceptors (Lipinski definition) is 20. The van der Waals surface area contributed by atoms with Crippen LogP contribution in [-0.2, 0) is 84.2 Å². The number of hydrazine groups is 1. The van der Waals surface area contributed by atoms with Gasteiger partial charge in [0, 0.05) is 57.7 Å². The van der Waals surface area contributed by atoms with Crippen LogP contribution < -0.4 is 38.6 Å².